The van der Waals surface area contributed by atoms with Gasteiger partial charge in [-0.25, -0.2) is 0 Å². The van der Waals surface area contributed by atoms with Crippen LogP contribution in [-0.2, 0) is 11.2 Å². The highest BCUT2D eigenvalue weighted by Gasteiger charge is 2.22. The van der Waals surface area contributed by atoms with Crippen molar-refractivity contribution in [1.82, 2.24) is 9.88 Å². The maximum absolute atomic E-state index is 13.0. The smallest absolute Gasteiger partial charge is 0.227 e. The predicted molar refractivity (Wildman–Crippen MR) is 112 cm³/mol. The highest BCUT2D eigenvalue weighted by atomic mass is 16.3. The lowest BCUT2D eigenvalue weighted by Gasteiger charge is -2.24. The highest BCUT2D eigenvalue weighted by molar-refractivity contribution is 5.86. The minimum atomic E-state index is -0.145. The number of hydrogen-bond acceptors (Lipinski definition) is 3. The number of likely N-dealkylation sites (N-methyl/N-ethyl adjacent to an activating group) is 1. The SMILES string of the molecule is Cc1nc2ccccc2c(C)c1CC(=O)N(C)[C@H](C)c1cc2ccccc2o1. The third-order valence-corrected chi connectivity index (χ3v) is 5.64. The number of aromatic nitrogens is 1. The summed E-state index contributed by atoms with van der Waals surface area (Å²) in [5.74, 6) is 0.846. The minimum Gasteiger partial charge on any atom is -0.459 e. The number of carbonyl (C=O) groups is 1. The van der Waals surface area contributed by atoms with Crippen molar-refractivity contribution in [3.05, 3.63) is 77.2 Å². The summed E-state index contributed by atoms with van der Waals surface area (Å²) in [6.07, 6.45) is 0.330. The van der Waals surface area contributed by atoms with Gasteiger partial charge in [-0.1, -0.05) is 36.4 Å². The molecule has 2 heterocycles. The zero-order valence-corrected chi connectivity index (χ0v) is 16.7. The van der Waals surface area contributed by atoms with Crippen molar-refractivity contribution < 1.29 is 9.21 Å². The Kier molecular flexibility index (Phi) is 4.63. The first kappa shape index (κ1) is 18.2. The lowest BCUT2D eigenvalue weighted by Crippen LogP contribution is -2.31. The second-order valence-corrected chi connectivity index (χ2v) is 7.36. The van der Waals surface area contributed by atoms with Crippen LogP contribution < -0.4 is 0 Å². The molecule has 0 saturated carbocycles. The normalized spacial score (nSPS) is 12.4. The molecule has 28 heavy (non-hydrogen) atoms. The Morgan fingerprint density at radius 2 is 1.82 bits per heavy atom. The quantitative estimate of drug-likeness (QED) is 0.484. The first-order valence-electron chi connectivity index (χ1n) is 9.54. The molecule has 0 radical (unpaired) electrons. The van der Waals surface area contributed by atoms with E-state index in [1.165, 1.54) is 0 Å². The van der Waals surface area contributed by atoms with E-state index in [2.05, 4.69) is 13.0 Å². The van der Waals surface area contributed by atoms with Gasteiger partial charge in [-0.3, -0.25) is 9.78 Å². The van der Waals surface area contributed by atoms with Crippen molar-refractivity contribution >= 4 is 27.8 Å². The van der Waals surface area contributed by atoms with Gasteiger partial charge in [0.1, 0.15) is 11.3 Å². The number of pyridine rings is 1. The van der Waals surface area contributed by atoms with Gasteiger partial charge in [0.05, 0.1) is 18.0 Å². The van der Waals surface area contributed by atoms with Crippen molar-refractivity contribution in [3.63, 3.8) is 0 Å². The van der Waals surface area contributed by atoms with E-state index in [1.807, 2.05) is 69.4 Å². The number of fused-ring (bicyclic) bond motifs is 2. The molecule has 4 aromatic rings. The Morgan fingerprint density at radius 3 is 2.61 bits per heavy atom. The second-order valence-electron chi connectivity index (χ2n) is 7.36. The summed E-state index contributed by atoms with van der Waals surface area (Å²) in [4.78, 5) is 19.5. The first-order valence-corrected chi connectivity index (χ1v) is 9.54. The van der Waals surface area contributed by atoms with Gasteiger partial charge in [0.25, 0.3) is 0 Å². The van der Waals surface area contributed by atoms with Gasteiger partial charge in [0.15, 0.2) is 0 Å². The van der Waals surface area contributed by atoms with E-state index in [4.69, 9.17) is 9.40 Å². The van der Waals surface area contributed by atoms with Crippen molar-refractivity contribution in [1.29, 1.82) is 0 Å². The number of furan rings is 1. The van der Waals surface area contributed by atoms with Crippen LogP contribution >= 0.6 is 0 Å². The molecular weight excluding hydrogens is 348 g/mol. The summed E-state index contributed by atoms with van der Waals surface area (Å²) in [6.45, 7) is 6.04. The number of benzene rings is 2. The fraction of sp³-hybridized carbons (Fsp3) is 0.250. The monoisotopic (exact) mass is 372 g/mol. The maximum atomic E-state index is 13.0. The fourth-order valence-electron chi connectivity index (χ4n) is 3.72. The molecule has 0 aliphatic carbocycles. The molecule has 0 aliphatic heterocycles. The van der Waals surface area contributed by atoms with Crippen LogP contribution in [0.15, 0.2) is 59.0 Å². The zero-order valence-electron chi connectivity index (χ0n) is 16.7. The molecular formula is C24H24N2O2. The van der Waals surface area contributed by atoms with Gasteiger partial charge in [-0.15, -0.1) is 0 Å². The van der Waals surface area contributed by atoms with Crippen LogP contribution in [0.5, 0.6) is 0 Å². The summed E-state index contributed by atoms with van der Waals surface area (Å²) in [5.41, 5.74) is 4.86. The highest BCUT2D eigenvalue weighted by Crippen LogP contribution is 2.28. The molecule has 0 fully saturated rings. The minimum absolute atomic E-state index is 0.0521. The third-order valence-electron chi connectivity index (χ3n) is 5.64. The van der Waals surface area contributed by atoms with Gasteiger partial charge < -0.3 is 9.32 Å². The lowest BCUT2D eigenvalue weighted by atomic mass is 9.99. The van der Waals surface area contributed by atoms with E-state index >= 15 is 0 Å². The van der Waals surface area contributed by atoms with Crippen LogP contribution in [-0.4, -0.2) is 22.8 Å². The van der Waals surface area contributed by atoms with E-state index in [9.17, 15) is 4.79 Å². The first-order chi connectivity index (χ1) is 13.5. The van der Waals surface area contributed by atoms with Crippen molar-refractivity contribution in [2.24, 2.45) is 0 Å². The Bertz CT molecular complexity index is 1140. The van der Waals surface area contributed by atoms with Crippen LogP contribution in [0, 0.1) is 13.8 Å². The summed E-state index contributed by atoms with van der Waals surface area (Å²) in [7, 11) is 1.83. The largest absolute Gasteiger partial charge is 0.459 e. The van der Waals surface area contributed by atoms with E-state index in [1.54, 1.807) is 4.90 Å². The average molecular weight is 372 g/mol. The standard InChI is InChI=1S/C24H24N2O2/c1-15-19-10-6-7-11-21(19)25-16(2)20(15)14-24(27)26(4)17(3)23-13-18-9-5-8-12-22(18)28-23/h5-13,17H,14H2,1-4H3/t17-/m1/s1. The third kappa shape index (κ3) is 3.15. The molecule has 2 aromatic heterocycles. The number of carbonyl (C=O) groups excluding carboxylic acids is 1. The molecule has 142 valence electrons. The molecule has 0 N–H and O–H groups in total. The van der Waals surface area contributed by atoms with Crippen molar-refractivity contribution in [2.45, 2.75) is 33.2 Å². The molecule has 4 nitrogen and oxygen atoms in total. The van der Waals surface area contributed by atoms with Crippen LogP contribution in [0.3, 0.4) is 0 Å². The van der Waals surface area contributed by atoms with Gasteiger partial charge in [-0.05, 0) is 50.1 Å². The topological polar surface area (TPSA) is 46.3 Å². The summed E-state index contributed by atoms with van der Waals surface area (Å²) < 4.78 is 5.95. The predicted octanol–water partition coefficient (Wildman–Crippen LogP) is 5.36. The molecule has 0 bridgehead atoms. The van der Waals surface area contributed by atoms with Crippen LogP contribution in [0.1, 0.15) is 35.5 Å². The molecule has 1 atom stereocenters. The Balaban J connectivity index is 1.60. The Morgan fingerprint density at radius 1 is 1.11 bits per heavy atom. The Labute approximate surface area is 164 Å². The molecule has 0 aliphatic rings. The summed E-state index contributed by atoms with van der Waals surface area (Å²) in [5, 5.41) is 2.15. The second kappa shape index (κ2) is 7.12. The zero-order chi connectivity index (χ0) is 19.8. The fourth-order valence-corrected chi connectivity index (χ4v) is 3.72. The number of nitrogens with zero attached hydrogens (tertiary/aromatic N) is 2. The van der Waals surface area contributed by atoms with Crippen LogP contribution in [0.4, 0.5) is 0 Å². The molecule has 0 saturated heterocycles. The maximum Gasteiger partial charge on any atom is 0.227 e. The number of para-hydroxylation sites is 2. The van der Waals surface area contributed by atoms with Gasteiger partial charge in [-0.2, -0.15) is 0 Å². The Hall–Kier alpha value is -3.14. The number of amides is 1. The summed E-state index contributed by atoms with van der Waals surface area (Å²) >= 11 is 0. The van der Waals surface area contributed by atoms with E-state index in [0.29, 0.717) is 6.42 Å². The van der Waals surface area contributed by atoms with Crippen molar-refractivity contribution in [2.75, 3.05) is 7.05 Å². The number of aryl methyl sites for hydroxylation is 2. The molecule has 2 aromatic carbocycles. The molecule has 0 spiro atoms. The summed E-state index contributed by atoms with van der Waals surface area (Å²) in [6, 6.07) is 17.8. The van der Waals surface area contributed by atoms with Crippen LogP contribution in [0.2, 0.25) is 0 Å². The molecule has 4 heteroatoms. The van der Waals surface area contributed by atoms with Gasteiger partial charge in [0, 0.05) is 23.5 Å². The van der Waals surface area contributed by atoms with Gasteiger partial charge in [0.2, 0.25) is 5.91 Å². The lowest BCUT2D eigenvalue weighted by molar-refractivity contribution is -0.131. The average Bonchev–Trinajstić information content (AvgIpc) is 3.14. The number of hydrogen-bond donors (Lipinski definition) is 0. The number of rotatable bonds is 4. The van der Waals surface area contributed by atoms with E-state index < -0.39 is 0 Å². The molecule has 0 unspecified atom stereocenters. The van der Waals surface area contributed by atoms with Crippen molar-refractivity contribution in [3.8, 4) is 0 Å². The molecule has 1 amide bonds. The van der Waals surface area contributed by atoms with Crippen LogP contribution in [0.25, 0.3) is 21.9 Å². The van der Waals surface area contributed by atoms with E-state index in [-0.39, 0.29) is 11.9 Å². The molecule has 4 rings (SSSR count). The van der Waals surface area contributed by atoms with Gasteiger partial charge >= 0.3 is 0 Å². The van der Waals surface area contributed by atoms with E-state index in [0.717, 1.165) is 44.5 Å².